The number of rotatable bonds is 5. The number of hydrogen-bond acceptors (Lipinski definition) is 1. The molecule has 0 heterocycles. The average molecular weight is 291 g/mol. The average Bonchev–Trinajstić information content (AvgIpc) is 2.47. The lowest BCUT2D eigenvalue weighted by Gasteiger charge is -2.11. The second-order valence-corrected chi connectivity index (χ2v) is 4.67. The van der Waals surface area contributed by atoms with Gasteiger partial charge in [-0.05, 0) is 16.7 Å². The second-order valence-electron chi connectivity index (χ2n) is 4.67. The molecule has 0 spiro atoms. The Bertz CT molecular complexity index is 574. The van der Waals surface area contributed by atoms with Crippen molar-refractivity contribution in [3.63, 3.8) is 0 Å². The molecule has 0 saturated heterocycles. The maximum Gasteiger partial charge on any atom is 0.410 e. The van der Waals surface area contributed by atoms with E-state index in [1.54, 1.807) is 30.3 Å². The zero-order chi connectivity index (χ0) is 15.1. The molecule has 0 radical (unpaired) electrons. The van der Waals surface area contributed by atoms with Crippen molar-refractivity contribution >= 4 is 5.57 Å². The van der Waals surface area contributed by atoms with Crippen molar-refractivity contribution in [1.82, 2.24) is 5.32 Å². The van der Waals surface area contributed by atoms with Gasteiger partial charge in [-0.2, -0.15) is 13.2 Å². The summed E-state index contributed by atoms with van der Waals surface area (Å²) in [4.78, 5) is 0. The van der Waals surface area contributed by atoms with Crippen molar-refractivity contribution < 1.29 is 13.2 Å². The fourth-order valence-electron chi connectivity index (χ4n) is 2.02. The standard InChI is InChI=1S/C17H16F3N/c18-17(19,20)11-16(15-9-5-2-6-10-15)13-21-12-14-7-3-1-4-8-14/h1-11,21H,12-13H2/b16-11+. The van der Waals surface area contributed by atoms with Crippen LogP contribution in [0.3, 0.4) is 0 Å². The van der Waals surface area contributed by atoms with Gasteiger partial charge >= 0.3 is 6.18 Å². The third-order valence-electron chi connectivity index (χ3n) is 2.97. The number of nitrogens with one attached hydrogen (secondary N) is 1. The third-order valence-corrected chi connectivity index (χ3v) is 2.97. The fraction of sp³-hybridized carbons (Fsp3) is 0.176. The summed E-state index contributed by atoms with van der Waals surface area (Å²) in [5, 5.41) is 3.05. The molecule has 21 heavy (non-hydrogen) atoms. The highest BCUT2D eigenvalue weighted by atomic mass is 19.4. The van der Waals surface area contributed by atoms with Crippen molar-refractivity contribution in [2.24, 2.45) is 0 Å². The van der Waals surface area contributed by atoms with Gasteiger partial charge in [-0.25, -0.2) is 0 Å². The van der Waals surface area contributed by atoms with E-state index in [1.807, 2.05) is 30.3 Å². The van der Waals surface area contributed by atoms with Crippen LogP contribution in [-0.2, 0) is 6.54 Å². The van der Waals surface area contributed by atoms with E-state index < -0.39 is 6.18 Å². The lowest BCUT2D eigenvalue weighted by atomic mass is 10.1. The molecule has 0 unspecified atom stereocenters. The molecule has 0 saturated carbocycles. The smallest absolute Gasteiger partial charge is 0.309 e. The lowest BCUT2D eigenvalue weighted by molar-refractivity contribution is -0.0794. The zero-order valence-electron chi connectivity index (χ0n) is 11.4. The highest BCUT2D eigenvalue weighted by molar-refractivity contribution is 5.67. The summed E-state index contributed by atoms with van der Waals surface area (Å²) in [7, 11) is 0. The molecule has 1 nitrogen and oxygen atoms in total. The van der Waals surface area contributed by atoms with Gasteiger partial charge in [0.25, 0.3) is 0 Å². The normalized spacial score (nSPS) is 12.4. The Hall–Kier alpha value is -2.07. The van der Waals surface area contributed by atoms with Gasteiger partial charge in [-0.1, -0.05) is 60.7 Å². The maximum atomic E-state index is 12.6. The largest absolute Gasteiger partial charge is 0.410 e. The molecule has 0 aromatic heterocycles. The SMILES string of the molecule is FC(F)(F)/C=C(\CNCc1ccccc1)c1ccccc1. The number of benzene rings is 2. The summed E-state index contributed by atoms with van der Waals surface area (Å²) in [5.74, 6) is 0. The minimum Gasteiger partial charge on any atom is -0.309 e. The van der Waals surface area contributed by atoms with E-state index in [9.17, 15) is 13.2 Å². The molecule has 0 atom stereocenters. The molecule has 0 aliphatic carbocycles. The van der Waals surface area contributed by atoms with Crippen LogP contribution in [0.5, 0.6) is 0 Å². The van der Waals surface area contributed by atoms with Crippen LogP contribution in [0.2, 0.25) is 0 Å². The molecule has 1 N–H and O–H groups in total. The Morgan fingerprint density at radius 3 is 2.05 bits per heavy atom. The van der Waals surface area contributed by atoms with E-state index in [2.05, 4.69) is 5.32 Å². The third kappa shape index (κ3) is 5.44. The van der Waals surface area contributed by atoms with Gasteiger partial charge in [0.05, 0.1) is 0 Å². The van der Waals surface area contributed by atoms with Gasteiger partial charge in [-0.3, -0.25) is 0 Å². The number of hydrogen-bond donors (Lipinski definition) is 1. The van der Waals surface area contributed by atoms with Crippen molar-refractivity contribution in [3.8, 4) is 0 Å². The van der Waals surface area contributed by atoms with Crippen molar-refractivity contribution in [2.75, 3.05) is 6.54 Å². The van der Waals surface area contributed by atoms with E-state index in [1.165, 1.54) is 0 Å². The maximum absolute atomic E-state index is 12.6. The monoisotopic (exact) mass is 291 g/mol. The molecular formula is C17H16F3N. The second kappa shape index (κ2) is 7.09. The van der Waals surface area contributed by atoms with E-state index >= 15 is 0 Å². The molecule has 0 bridgehead atoms. The van der Waals surface area contributed by atoms with Gasteiger partial charge in [0, 0.05) is 19.2 Å². The van der Waals surface area contributed by atoms with Gasteiger partial charge in [0.15, 0.2) is 0 Å². The molecular weight excluding hydrogens is 275 g/mol. The summed E-state index contributed by atoms with van der Waals surface area (Å²) >= 11 is 0. The van der Waals surface area contributed by atoms with Crippen LogP contribution < -0.4 is 5.32 Å². The Kier molecular flexibility index (Phi) is 5.17. The van der Waals surface area contributed by atoms with Crippen LogP contribution >= 0.6 is 0 Å². The Morgan fingerprint density at radius 2 is 1.48 bits per heavy atom. The first kappa shape index (κ1) is 15.3. The Balaban J connectivity index is 2.05. The highest BCUT2D eigenvalue weighted by Crippen LogP contribution is 2.23. The van der Waals surface area contributed by atoms with Crippen molar-refractivity contribution in [2.45, 2.75) is 12.7 Å². The summed E-state index contributed by atoms with van der Waals surface area (Å²) in [6.07, 6.45) is -3.96. The van der Waals surface area contributed by atoms with E-state index in [-0.39, 0.29) is 12.1 Å². The minimum absolute atomic E-state index is 0.165. The Morgan fingerprint density at radius 1 is 0.905 bits per heavy atom. The van der Waals surface area contributed by atoms with Gasteiger partial charge in [0.1, 0.15) is 0 Å². The molecule has 110 valence electrons. The summed E-state index contributed by atoms with van der Waals surface area (Å²) in [6, 6.07) is 18.2. The molecule has 4 heteroatoms. The first-order valence-corrected chi connectivity index (χ1v) is 6.63. The molecule has 2 aromatic rings. The number of halogens is 3. The van der Waals surface area contributed by atoms with Crippen LogP contribution in [0.4, 0.5) is 13.2 Å². The quantitative estimate of drug-likeness (QED) is 0.859. The van der Waals surface area contributed by atoms with E-state index in [4.69, 9.17) is 0 Å². The van der Waals surface area contributed by atoms with E-state index in [0.717, 1.165) is 5.56 Å². The van der Waals surface area contributed by atoms with Gasteiger partial charge in [-0.15, -0.1) is 0 Å². The predicted octanol–water partition coefficient (Wildman–Crippen LogP) is 4.42. The summed E-state index contributed by atoms with van der Waals surface area (Å²) in [6.45, 7) is 0.696. The minimum atomic E-state index is -4.32. The molecule has 2 aromatic carbocycles. The first-order valence-electron chi connectivity index (χ1n) is 6.63. The topological polar surface area (TPSA) is 12.0 Å². The van der Waals surface area contributed by atoms with Gasteiger partial charge in [0.2, 0.25) is 0 Å². The number of allylic oxidation sites excluding steroid dienone is 1. The fourth-order valence-corrected chi connectivity index (χ4v) is 2.02. The van der Waals surface area contributed by atoms with Crippen molar-refractivity contribution in [3.05, 3.63) is 77.9 Å². The molecule has 2 rings (SSSR count). The lowest BCUT2D eigenvalue weighted by Crippen LogP contribution is -2.17. The van der Waals surface area contributed by atoms with E-state index in [0.29, 0.717) is 18.2 Å². The van der Waals surface area contributed by atoms with Crippen molar-refractivity contribution in [1.29, 1.82) is 0 Å². The van der Waals surface area contributed by atoms with Crippen LogP contribution in [0, 0.1) is 0 Å². The highest BCUT2D eigenvalue weighted by Gasteiger charge is 2.24. The first-order chi connectivity index (χ1) is 10.0. The number of alkyl halides is 3. The van der Waals surface area contributed by atoms with Crippen LogP contribution in [0.15, 0.2) is 66.7 Å². The predicted molar refractivity (Wildman–Crippen MR) is 78.6 cm³/mol. The zero-order valence-corrected chi connectivity index (χ0v) is 11.4. The Labute approximate surface area is 122 Å². The summed E-state index contributed by atoms with van der Waals surface area (Å²) in [5.41, 5.74) is 1.85. The van der Waals surface area contributed by atoms with Crippen LogP contribution in [0.1, 0.15) is 11.1 Å². The van der Waals surface area contributed by atoms with Gasteiger partial charge < -0.3 is 5.32 Å². The molecule has 0 aliphatic heterocycles. The molecule has 0 fully saturated rings. The van der Waals surface area contributed by atoms with Crippen LogP contribution in [-0.4, -0.2) is 12.7 Å². The molecule has 0 aliphatic rings. The van der Waals surface area contributed by atoms with Crippen LogP contribution in [0.25, 0.3) is 5.57 Å². The summed E-state index contributed by atoms with van der Waals surface area (Å²) < 4.78 is 37.9. The molecule has 0 amide bonds.